The number of carboxylic acids is 1. The van der Waals surface area contributed by atoms with Crippen molar-refractivity contribution >= 4 is 28.7 Å². The molecule has 2 aromatic carbocycles. The molecule has 5 rings (SSSR count). The number of H-pyrrole nitrogens is 1. The number of nitrogens with one attached hydrogen (secondary N) is 1. The fraction of sp³-hybridized carbons (Fsp3) is 0.0400. The number of carbonyl (C=O) groups is 1. The van der Waals surface area contributed by atoms with Crippen molar-refractivity contribution in [3.8, 4) is 34.1 Å². The summed E-state index contributed by atoms with van der Waals surface area (Å²) in [5.41, 5.74) is 5.37. The Hall–Kier alpha value is -4.23. The molecule has 3 heterocycles. The van der Waals surface area contributed by atoms with Crippen LogP contribution in [0.3, 0.4) is 0 Å². The normalized spacial score (nSPS) is 11.0. The lowest BCUT2D eigenvalue weighted by Crippen LogP contribution is -2.00. The second kappa shape index (κ2) is 8.37. The molecule has 0 saturated heterocycles. The van der Waals surface area contributed by atoms with Crippen LogP contribution in [0.1, 0.15) is 15.9 Å². The summed E-state index contributed by atoms with van der Waals surface area (Å²) in [6.45, 7) is 1.73. The average molecular weight is 457 g/mol. The summed E-state index contributed by atoms with van der Waals surface area (Å²) in [7, 11) is 0. The van der Waals surface area contributed by atoms with Gasteiger partial charge in [0.15, 0.2) is 5.65 Å². The van der Waals surface area contributed by atoms with E-state index in [2.05, 4.69) is 19.9 Å². The molecule has 0 unspecified atom stereocenters. The summed E-state index contributed by atoms with van der Waals surface area (Å²) in [5.74, 6) is -0.662. The minimum absolute atomic E-state index is 0.168. The van der Waals surface area contributed by atoms with Crippen molar-refractivity contribution in [2.24, 2.45) is 0 Å². The Kier molecular flexibility index (Phi) is 5.24. The molecule has 7 nitrogen and oxygen atoms in total. The Morgan fingerprint density at radius 3 is 2.52 bits per heavy atom. The van der Waals surface area contributed by atoms with E-state index in [4.69, 9.17) is 16.3 Å². The molecule has 0 amide bonds. The predicted octanol–water partition coefficient (Wildman–Crippen LogP) is 6.14. The number of halogens is 1. The molecule has 0 atom stereocenters. The number of carboxylic acid groups (broad SMARTS) is 1. The van der Waals surface area contributed by atoms with Gasteiger partial charge in [0.1, 0.15) is 5.75 Å². The summed E-state index contributed by atoms with van der Waals surface area (Å²) in [6, 6.07) is 18.5. The highest BCUT2D eigenvalue weighted by Gasteiger charge is 2.14. The molecule has 0 aliphatic rings. The highest BCUT2D eigenvalue weighted by molar-refractivity contribution is 6.33. The van der Waals surface area contributed by atoms with Gasteiger partial charge in [-0.3, -0.25) is 4.98 Å². The number of aromatic carboxylic acids is 1. The van der Waals surface area contributed by atoms with E-state index in [9.17, 15) is 9.90 Å². The average Bonchev–Trinajstić information content (AvgIpc) is 3.21. The molecule has 8 heteroatoms. The summed E-state index contributed by atoms with van der Waals surface area (Å²) < 4.78 is 5.74. The number of ether oxygens (including phenoxy) is 1. The number of benzene rings is 2. The van der Waals surface area contributed by atoms with Gasteiger partial charge in [0.2, 0.25) is 0 Å². The van der Waals surface area contributed by atoms with E-state index in [1.54, 1.807) is 31.3 Å². The number of rotatable bonds is 5. The SMILES string of the molecule is Cc1ccc(Oc2nc3nc(-c4ccc(-c5cccnc5)cc4)c(Cl)cc3[nH]2)cc1C(=O)O. The molecule has 5 aromatic rings. The molecule has 3 aromatic heterocycles. The van der Waals surface area contributed by atoms with Gasteiger partial charge >= 0.3 is 12.0 Å². The monoisotopic (exact) mass is 456 g/mol. The maximum atomic E-state index is 11.4. The lowest BCUT2D eigenvalue weighted by molar-refractivity contribution is 0.0695. The number of imidazole rings is 1. The van der Waals surface area contributed by atoms with Crippen molar-refractivity contribution in [3.05, 3.63) is 89.2 Å². The number of hydrogen-bond donors (Lipinski definition) is 2. The van der Waals surface area contributed by atoms with Gasteiger partial charge < -0.3 is 14.8 Å². The third kappa shape index (κ3) is 4.14. The Labute approximate surface area is 193 Å². The maximum Gasteiger partial charge on any atom is 0.336 e. The topological polar surface area (TPSA) is 101 Å². The van der Waals surface area contributed by atoms with Crippen molar-refractivity contribution in [2.75, 3.05) is 0 Å². The molecule has 33 heavy (non-hydrogen) atoms. The van der Waals surface area contributed by atoms with E-state index in [1.807, 2.05) is 42.6 Å². The van der Waals surface area contributed by atoms with Gasteiger partial charge in [-0.2, -0.15) is 4.98 Å². The number of fused-ring (bicyclic) bond motifs is 1. The van der Waals surface area contributed by atoms with Crippen molar-refractivity contribution in [1.82, 2.24) is 19.9 Å². The summed E-state index contributed by atoms with van der Waals surface area (Å²) >= 11 is 6.51. The molecule has 0 aliphatic heterocycles. The van der Waals surface area contributed by atoms with Crippen LogP contribution in [-0.2, 0) is 0 Å². The van der Waals surface area contributed by atoms with Crippen molar-refractivity contribution < 1.29 is 14.6 Å². The lowest BCUT2D eigenvalue weighted by atomic mass is 10.0. The van der Waals surface area contributed by atoms with Crippen LogP contribution >= 0.6 is 11.6 Å². The summed E-state index contributed by atoms with van der Waals surface area (Å²) in [5, 5.41) is 9.78. The standard InChI is InChI=1S/C25H17ClN4O3/c1-14-4-9-18(11-19(14)24(31)32)33-25-28-21-12-20(26)22(29-23(21)30-25)16-7-5-15(6-8-16)17-3-2-10-27-13-17/h2-13H,1H3,(H,31,32)(H,28,29,30). The second-order valence-electron chi connectivity index (χ2n) is 7.43. The van der Waals surface area contributed by atoms with E-state index in [0.29, 0.717) is 33.2 Å². The Morgan fingerprint density at radius 1 is 1.00 bits per heavy atom. The molecule has 0 aliphatic carbocycles. The molecular weight excluding hydrogens is 440 g/mol. The van der Waals surface area contributed by atoms with Crippen LogP contribution in [0.15, 0.2) is 73.1 Å². The lowest BCUT2D eigenvalue weighted by Gasteiger charge is -2.06. The van der Waals surface area contributed by atoms with Crippen LogP contribution in [0, 0.1) is 6.92 Å². The van der Waals surface area contributed by atoms with Gasteiger partial charge in [-0.25, -0.2) is 9.78 Å². The van der Waals surface area contributed by atoms with Gasteiger partial charge in [0.25, 0.3) is 0 Å². The van der Waals surface area contributed by atoms with Crippen molar-refractivity contribution in [1.29, 1.82) is 0 Å². The second-order valence-corrected chi connectivity index (χ2v) is 7.84. The van der Waals surface area contributed by atoms with Crippen molar-refractivity contribution in [3.63, 3.8) is 0 Å². The van der Waals surface area contributed by atoms with Crippen LogP contribution in [0.4, 0.5) is 0 Å². The highest BCUT2D eigenvalue weighted by atomic mass is 35.5. The number of aromatic amines is 1. The molecule has 0 spiro atoms. The van der Waals surface area contributed by atoms with Crippen molar-refractivity contribution in [2.45, 2.75) is 6.92 Å². The van der Waals surface area contributed by atoms with Crippen LogP contribution in [0.25, 0.3) is 33.5 Å². The fourth-order valence-electron chi connectivity index (χ4n) is 3.51. The number of aryl methyl sites for hydroxylation is 1. The first-order chi connectivity index (χ1) is 16.0. The minimum Gasteiger partial charge on any atom is -0.478 e. The zero-order valence-electron chi connectivity index (χ0n) is 17.4. The molecule has 2 N–H and O–H groups in total. The first-order valence-corrected chi connectivity index (χ1v) is 10.4. The van der Waals surface area contributed by atoms with Gasteiger partial charge in [-0.1, -0.05) is 48.0 Å². The fourth-order valence-corrected chi connectivity index (χ4v) is 3.77. The molecule has 0 saturated carbocycles. The van der Waals surface area contributed by atoms with E-state index in [0.717, 1.165) is 16.7 Å². The van der Waals surface area contributed by atoms with Gasteiger partial charge in [0.05, 0.1) is 21.8 Å². The van der Waals surface area contributed by atoms with Crippen LogP contribution in [-0.4, -0.2) is 31.0 Å². The maximum absolute atomic E-state index is 11.4. The number of aromatic nitrogens is 4. The third-order valence-electron chi connectivity index (χ3n) is 5.21. The van der Waals surface area contributed by atoms with E-state index in [-0.39, 0.29) is 11.6 Å². The van der Waals surface area contributed by atoms with Gasteiger partial charge in [-0.15, -0.1) is 0 Å². The van der Waals surface area contributed by atoms with Crippen LogP contribution < -0.4 is 4.74 Å². The summed E-state index contributed by atoms with van der Waals surface area (Å²) in [4.78, 5) is 27.6. The van der Waals surface area contributed by atoms with E-state index < -0.39 is 5.97 Å². The zero-order valence-corrected chi connectivity index (χ0v) is 18.2. The number of hydrogen-bond acceptors (Lipinski definition) is 5. The number of nitrogens with zero attached hydrogens (tertiary/aromatic N) is 3. The largest absolute Gasteiger partial charge is 0.478 e. The Morgan fingerprint density at radius 2 is 1.79 bits per heavy atom. The molecule has 162 valence electrons. The van der Waals surface area contributed by atoms with Crippen LogP contribution in [0.5, 0.6) is 11.8 Å². The van der Waals surface area contributed by atoms with E-state index >= 15 is 0 Å². The molecular formula is C25H17ClN4O3. The highest BCUT2D eigenvalue weighted by Crippen LogP contribution is 2.32. The first-order valence-electron chi connectivity index (χ1n) is 10.1. The summed E-state index contributed by atoms with van der Waals surface area (Å²) in [6.07, 6.45) is 3.55. The third-order valence-corrected chi connectivity index (χ3v) is 5.50. The molecule has 0 bridgehead atoms. The van der Waals surface area contributed by atoms with Gasteiger partial charge in [0, 0.05) is 18.0 Å². The Balaban J connectivity index is 1.45. The van der Waals surface area contributed by atoms with Crippen LogP contribution in [0.2, 0.25) is 5.02 Å². The smallest absolute Gasteiger partial charge is 0.336 e. The van der Waals surface area contributed by atoms with E-state index in [1.165, 1.54) is 6.07 Å². The molecule has 0 fully saturated rings. The minimum atomic E-state index is -1.02. The molecule has 0 radical (unpaired) electrons. The first kappa shape index (κ1) is 20.7. The quantitative estimate of drug-likeness (QED) is 0.329. The van der Waals surface area contributed by atoms with Gasteiger partial charge in [-0.05, 0) is 47.9 Å². The number of pyridine rings is 2. The Bertz CT molecular complexity index is 1480. The zero-order chi connectivity index (χ0) is 22.9. The predicted molar refractivity (Wildman–Crippen MR) is 126 cm³/mol.